The highest BCUT2D eigenvalue weighted by molar-refractivity contribution is 7.80. The number of hydrogen-bond acceptors (Lipinski definition) is 4. The normalized spacial score (nSPS) is 10.4. The van der Waals surface area contributed by atoms with E-state index in [1.807, 2.05) is 31.2 Å². The lowest BCUT2D eigenvalue weighted by atomic mass is 10.2. The van der Waals surface area contributed by atoms with E-state index in [1.165, 1.54) is 6.08 Å². The molecule has 0 aliphatic rings. The molecule has 2 rings (SSSR count). The molecule has 146 valence electrons. The minimum atomic E-state index is -0.355. The van der Waals surface area contributed by atoms with E-state index in [9.17, 15) is 9.59 Å². The summed E-state index contributed by atoms with van der Waals surface area (Å²) in [5.74, 6) is 0.304. The van der Waals surface area contributed by atoms with Crippen LogP contribution in [0.5, 0.6) is 5.75 Å². The number of thiocarbonyl (C=S) groups is 1. The van der Waals surface area contributed by atoms with Gasteiger partial charge in [-0.3, -0.25) is 14.9 Å². The van der Waals surface area contributed by atoms with E-state index >= 15 is 0 Å². The third-order valence-electron chi connectivity index (χ3n) is 3.69. The first-order valence-corrected chi connectivity index (χ1v) is 9.25. The summed E-state index contributed by atoms with van der Waals surface area (Å²) in [5.41, 5.74) is 2.20. The maximum atomic E-state index is 12.0. The van der Waals surface area contributed by atoms with Crippen molar-refractivity contribution in [3.8, 4) is 5.75 Å². The Labute approximate surface area is 170 Å². The average Bonchev–Trinajstić information content (AvgIpc) is 2.68. The lowest BCUT2D eigenvalue weighted by Gasteiger charge is -2.10. The quantitative estimate of drug-likeness (QED) is 0.487. The fraction of sp³-hybridized carbons (Fsp3) is 0.190. The first-order valence-electron chi connectivity index (χ1n) is 8.84. The summed E-state index contributed by atoms with van der Waals surface area (Å²) in [6, 6.07) is 14.5. The molecule has 0 aliphatic carbocycles. The lowest BCUT2D eigenvalue weighted by Crippen LogP contribution is -2.32. The van der Waals surface area contributed by atoms with Gasteiger partial charge in [-0.05, 0) is 55.0 Å². The number of anilines is 2. The summed E-state index contributed by atoms with van der Waals surface area (Å²) in [7, 11) is 1.58. The molecule has 0 aliphatic heterocycles. The lowest BCUT2D eigenvalue weighted by molar-refractivity contribution is -0.116. The maximum Gasteiger partial charge on any atom is 0.250 e. The topological polar surface area (TPSA) is 79.5 Å². The number of methoxy groups -OCH3 is 1. The molecule has 7 heteroatoms. The maximum absolute atomic E-state index is 12.0. The van der Waals surface area contributed by atoms with E-state index < -0.39 is 0 Å². The van der Waals surface area contributed by atoms with Crippen LogP contribution >= 0.6 is 12.2 Å². The molecule has 28 heavy (non-hydrogen) atoms. The van der Waals surface area contributed by atoms with Crippen molar-refractivity contribution in [2.24, 2.45) is 0 Å². The fourth-order valence-electron chi connectivity index (χ4n) is 2.37. The SMILES string of the molecule is CCCC(=O)Nc1ccc(NC(=S)NC(=O)/C=C/c2ccccc2OC)cc1. The molecule has 0 unspecified atom stereocenters. The van der Waals surface area contributed by atoms with Crippen molar-refractivity contribution in [1.82, 2.24) is 5.32 Å². The van der Waals surface area contributed by atoms with Crippen LogP contribution in [0.3, 0.4) is 0 Å². The molecule has 0 heterocycles. The first kappa shape index (κ1) is 21.1. The third kappa shape index (κ3) is 6.85. The Kier molecular flexibility index (Phi) is 8.17. The van der Waals surface area contributed by atoms with E-state index in [-0.39, 0.29) is 16.9 Å². The molecule has 0 radical (unpaired) electrons. The van der Waals surface area contributed by atoms with Gasteiger partial charge in [0.2, 0.25) is 11.8 Å². The number of nitrogens with one attached hydrogen (secondary N) is 3. The third-order valence-corrected chi connectivity index (χ3v) is 3.90. The number of rotatable bonds is 7. The number of carbonyl (C=O) groups is 2. The van der Waals surface area contributed by atoms with Crippen LogP contribution in [0.15, 0.2) is 54.6 Å². The second kappa shape index (κ2) is 10.8. The van der Waals surface area contributed by atoms with Gasteiger partial charge in [0.25, 0.3) is 0 Å². The van der Waals surface area contributed by atoms with Gasteiger partial charge >= 0.3 is 0 Å². The van der Waals surface area contributed by atoms with E-state index in [1.54, 1.807) is 37.5 Å². The van der Waals surface area contributed by atoms with Gasteiger partial charge in [0.1, 0.15) is 5.75 Å². The molecule has 6 nitrogen and oxygen atoms in total. The van der Waals surface area contributed by atoms with Gasteiger partial charge in [0.05, 0.1) is 7.11 Å². The van der Waals surface area contributed by atoms with Crippen LogP contribution in [0.2, 0.25) is 0 Å². The summed E-state index contributed by atoms with van der Waals surface area (Å²) in [6.45, 7) is 1.95. The van der Waals surface area contributed by atoms with Crippen LogP contribution < -0.4 is 20.7 Å². The number of carbonyl (C=O) groups excluding carboxylic acids is 2. The van der Waals surface area contributed by atoms with Gasteiger partial charge < -0.3 is 15.4 Å². The molecular weight excluding hydrogens is 374 g/mol. The highest BCUT2D eigenvalue weighted by Gasteiger charge is 2.04. The Morgan fingerprint density at radius 2 is 1.68 bits per heavy atom. The summed E-state index contributed by atoms with van der Waals surface area (Å²) in [4.78, 5) is 23.6. The zero-order valence-corrected chi connectivity index (χ0v) is 16.6. The average molecular weight is 398 g/mol. The van der Waals surface area contributed by atoms with Crippen LogP contribution in [-0.2, 0) is 9.59 Å². The molecule has 0 spiro atoms. The van der Waals surface area contributed by atoms with Crippen LogP contribution in [0, 0.1) is 0 Å². The first-order chi connectivity index (χ1) is 13.5. The van der Waals surface area contributed by atoms with Gasteiger partial charge in [0, 0.05) is 29.4 Å². The summed E-state index contributed by atoms with van der Waals surface area (Å²) >= 11 is 5.16. The van der Waals surface area contributed by atoms with Crippen molar-refractivity contribution in [2.75, 3.05) is 17.7 Å². The molecule has 2 aromatic carbocycles. The fourth-order valence-corrected chi connectivity index (χ4v) is 2.59. The number of para-hydroxylation sites is 1. The van der Waals surface area contributed by atoms with Crippen molar-refractivity contribution in [3.05, 3.63) is 60.2 Å². The summed E-state index contributed by atoms with van der Waals surface area (Å²) in [6.07, 6.45) is 4.33. The van der Waals surface area contributed by atoms with Crippen LogP contribution in [-0.4, -0.2) is 24.0 Å². The second-order valence-electron chi connectivity index (χ2n) is 5.89. The molecule has 0 bridgehead atoms. The summed E-state index contributed by atoms with van der Waals surface area (Å²) in [5, 5.41) is 8.50. The van der Waals surface area contributed by atoms with Crippen molar-refractivity contribution < 1.29 is 14.3 Å². The highest BCUT2D eigenvalue weighted by atomic mass is 32.1. The standard InChI is InChI=1S/C21H23N3O3S/c1-3-6-19(25)22-16-10-12-17(13-11-16)23-21(28)24-20(26)14-9-15-7-4-5-8-18(15)27-2/h4-5,7-14H,3,6H2,1-2H3,(H,22,25)(H2,23,24,26,28)/b14-9+. The van der Waals surface area contributed by atoms with Gasteiger partial charge in [-0.1, -0.05) is 25.1 Å². The van der Waals surface area contributed by atoms with Gasteiger partial charge in [0.15, 0.2) is 5.11 Å². The Balaban J connectivity index is 1.86. The predicted molar refractivity (Wildman–Crippen MR) is 116 cm³/mol. The zero-order chi connectivity index (χ0) is 20.4. The molecule has 0 saturated carbocycles. The molecular formula is C21H23N3O3S. The van der Waals surface area contributed by atoms with E-state index in [0.717, 1.165) is 12.0 Å². The number of hydrogen-bond donors (Lipinski definition) is 3. The minimum absolute atomic E-state index is 0.0205. The van der Waals surface area contributed by atoms with Crippen LogP contribution in [0.25, 0.3) is 6.08 Å². The Hall–Kier alpha value is -3.19. The zero-order valence-electron chi connectivity index (χ0n) is 15.8. The number of amides is 2. The number of ether oxygens (including phenoxy) is 1. The van der Waals surface area contributed by atoms with Crippen molar-refractivity contribution in [3.63, 3.8) is 0 Å². The van der Waals surface area contributed by atoms with E-state index in [0.29, 0.717) is 23.5 Å². The summed E-state index contributed by atoms with van der Waals surface area (Å²) < 4.78 is 5.24. The molecule has 0 aromatic heterocycles. The molecule has 0 saturated heterocycles. The Morgan fingerprint density at radius 1 is 1.04 bits per heavy atom. The van der Waals surface area contributed by atoms with E-state index in [2.05, 4.69) is 16.0 Å². The molecule has 2 aromatic rings. The van der Waals surface area contributed by atoms with Crippen LogP contribution in [0.1, 0.15) is 25.3 Å². The molecule has 0 fully saturated rings. The van der Waals surface area contributed by atoms with E-state index in [4.69, 9.17) is 17.0 Å². The van der Waals surface area contributed by atoms with Gasteiger partial charge in [-0.25, -0.2) is 0 Å². The molecule has 2 amide bonds. The highest BCUT2D eigenvalue weighted by Crippen LogP contribution is 2.18. The van der Waals surface area contributed by atoms with Gasteiger partial charge in [-0.2, -0.15) is 0 Å². The smallest absolute Gasteiger partial charge is 0.250 e. The number of benzene rings is 2. The van der Waals surface area contributed by atoms with Crippen molar-refractivity contribution >= 4 is 46.6 Å². The molecule has 0 atom stereocenters. The Bertz CT molecular complexity index is 863. The van der Waals surface area contributed by atoms with Crippen molar-refractivity contribution in [2.45, 2.75) is 19.8 Å². The van der Waals surface area contributed by atoms with Gasteiger partial charge in [-0.15, -0.1) is 0 Å². The van der Waals surface area contributed by atoms with Crippen LogP contribution in [0.4, 0.5) is 11.4 Å². The largest absolute Gasteiger partial charge is 0.496 e. The monoisotopic (exact) mass is 397 g/mol. The predicted octanol–water partition coefficient (Wildman–Crippen LogP) is 3.96. The van der Waals surface area contributed by atoms with Crippen molar-refractivity contribution in [1.29, 1.82) is 0 Å². The molecule has 3 N–H and O–H groups in total. The second-order valence-corrected chi connectivity index (χ2v) is 6.30. The Morgan fingerprint density at radius 3 is 2.32 bits per heavy atom. The minimum Gasteiger partial charge on any atom is -0.496 e.